The maximum atomic E-state index is 12.8. The van der Waals surface area contributed by atoms with E-state index in [1.165, 1.54) is 12.1 Å². The largest absolute Gasteiger partial charge is 0.476 e. The van der Waals surface area contributed by atoms with Crippen molar-refractivity contribution in [2.45, 2.75) is 52.0 Å². The lowest BCUT2D eigenvalue weighted by atomic mass is 9.98. The first kappa shape index (κ1) is 25.3. The molecule has 0 aromatic heterocycles. The molecule has 0 N–H and O–H groups in total. The Labute approximate surface area is 197 Å². The Balaban J connectivity index is 1.67. The number of hydrogen-bond donors (Lipinski definition) is 0. The summed E-state index contributed by atoms with van der Waals surface area (Å²) in [5, 5.41) is 0. The first-order valence-corrected chi connectivity index (χ1v) is 11.0. The smallest absolute Gasteiger partial charge is 0.416 e. The molecule has 0 saturated heterocycles. The van der Waals surface area contributed by atoms with Crippen LogP contribution in [-0.2, 0) is 15.7 Å². The van der Waals surface area contributed by atoms with Crippen LogP contribution in [0, 0.1) is 0 Å². The van der Waals surface area contributed by atoms with Crippen LogP contribution in [0.2, 0.25) is 0 Å². The van der Waals surface area contributed by atoms with Crippen molar-refractivity contribution in [1.82, 2.24) is 4.90 Å². The van der Waals surface area contributed by atoms with Crippen LogP contribution in [0.3, 0.4) is 0 Å². The van der Waals surface area contributed by atoms with Crippen LogP contribution >= 0.6 is 0 Å². The van der Waals surface area contributed by atoms with E-state index in [4.69, 9.17) is 9.47 Å². The van der Waals surface area contributed by atoms with Crippen LogP contribution in [0.1, 0.15) is 55.6 Å². The van der Waals surface area contributed by atoms with E-state index < -0.39 is 23.3 Å². The Kier molecular flexibility index (Phi) is 7.38. The lowest BCUT2D eigenvalue weighted by Crippen LogP contribution is -2.40. The summed E-state index contributed by atoms with van der Waals surface area (Å²) < 4.78 is 49.4. The fraction of sp³-hybridized carbons (Fsp3) is 0.385. The number of rotatable bonds is 6. The fourth-order valence-electron chi connectivity index (χ4n) is 3.55. The zero-order valence-corrected chi connectivity index (χ0v) is 19.6. The predicted octanol–water partition coefficient (Wildman–Crippen LogP) is 5.74. The molecule has 8 heteroatoms. The van der Waals surface area contributed by atoms with Gasteiger partial charge in [-0.15, -0.1) is 0 Å². The number of alkyl halides is 3. The van der Waals surface area contributed by atoms with Gasteiger partial charge in [0, 0.05) is 18.7 Å². The molecule has 0 fully saturated rings. The monoisotopic (exact) mass is 475 g/mol. The molecule has 0 radical (unpaired) electrons. The Morgan fingerprint density at radius 2 is 1.71 bits per heavy atom. The zero-order valence-electron chi connectivity index (χ0n) is 19.6. The van der Waals surface area contributed by atoms with Crippen LogP contribution in [0.4, 0.5) is 13.2 Å². The van der Waals surface area contributed by atoms with Gasteiger partial charge < -0.3 is 14.4 Å². The quantitative estimate of drug-likeness (QED) is 0.500. The molecule has 0 aliphatic carbocycles. The van der Waals surface area contributed by atoms with Gasteiger partial charge in [-0.05, 0) is 81.7 Å². The van der Waals surface area contributed by atoms with Crippen molar-refractivity contribution in [2.24, 2.45) is 0 Å². The van der Waals surface area contributed by atoms with Crippen molar-refractivity contribution in [3.63, 3.8) is 0 Å². The molecule has 0 bridgehead atoms. The molecule has 2 aromatic carbocycles. The average molecular weight is 476 g/mol. The van der Waals surface area contributed by atoms with Crippen LogP contribution in [0.25, 0.3) is 5.57 Å². The zero-order chi connectivity index (χ0) is 25.1. The van der Waals surface area contributed by atoms with Crippen molar-refractivity contribution < 1.29 is 32.2 Å². The van der Waals surface area contributed by atoms with E-state index in [9.17, 15) is 22.8 Å². The molecule has 0 spiro atoms. The summed E-state index contributed by atoms with van der Waals surface area (Å²) in [6.45, 7) is 7.62. The van der Waals surface area contributed by atoms with Gasteiger partial charge in [0.2, 0.25) is 0 Å². The van der Waals surface area contributed by atoms with Crippen LogP contribution in [0.15, 0.2) is 54.6 Å². The summed E-state index contributed by atoms with van der Waals surface area (Å²) in [4.78, 5) is 26.6. The summed E-state index contributed by atoms with van der Waals surface area (Å²) in [5.74, 6) is -0.249. The van der Waals surface area contributed by atoms with Crippen LogP contribution in [-0.4, -0.2) is 41.6 Å². The molecular weight excluding hydrogens is 447 g/mol. The maximum Gasteiger partial charge on any atom is 0.416 e. The number of carbonyl (C=O) groups is 2. The van der Waals surface area contributed by atoms with E-state index in [0.29, 0.717) is 25.3 Å². The second-order valence-corrected chi connectivity index (χ2v) is 8.90. The molecule has 0 saturated carbocycles. The molecule has 182 valence electrons. The Bertz CT molecular complexity index is 1070. The number of ether oxygens (including phenoxy) is 2. The van der Waals surface area contributed by atoms with Crippen LogP contribution in [0.5, 0.6) is 5.75 Å². The molecular formula is C26H28F3NO4. The van der Waals surface area contributed by atoms with Gasteiger partial charge in [-0.2, -0.15) is 13.2 Å². The minimum atomic E-state index is -4.44. The van der Waals surface area contributed by atoms with Crippen LogP contribution < -0.4 is 4.74 Å². The molecule has 0 atom stereocenters. The van der Waals surface area contributed by atoms with Crippen molar-refractivity contribution >= 4 is 17.4 Å². The van der Waals surface area contributed by atoms with Gasteiger partial charge in [0.25, 0.3) is 5.91 Å². The van der Waals surface area contributed by atoms with Gasteiger partial charge in [0.1, 0.15) is 5.75 Å². The Morgan fingerprint density at radius 1 is 1.03 bits per heavy atom. The topological polar surface area (TPSA) is 55.8 Å². The summed E-state index contributed by atoms with van der Waals surface area (Å²) in [7, 11) is 0. The van der Waals surface area contributed by atoms with E-state index in [2.05, 4.69) is 0 Å². The Morgan fingerprint density at radius 3 is 2.26 bits per heavy atom. The summed E-state index contributed by atoms with van der Waals surface area (Å²) >= 11 is 0. The predicted molar refractivity (Wildman–Crippen MR) is 122 cm³/mol. The molecule has 1 heterocycles. The van der Waals surface area contributed by atoms with E-state index in [1.807, 2.05) is 24.3 Å². The molecule has 34 heavy (non-hydrogen) atoms. The molecule has 1 amide bonds. The molecule has 3 rings (SSSR count). The second kappa shape index (κ2) is 9.91. The van der Waals surface area contributed by atoms with Gasteiger partial charge in [0.15, 0.2) is 5.60 Å². The number of carbonyl (C=O) groups excluding carboxylic acids is 2. The molecule has 1 aliphatic rings. The maximum absolute atomic E-state index is 12.8. The highest BCUT2D eigenvalue weighted by Crippen LogP contribution is 2.30. The number of amides is 1. The summed E-state index contributed by atoms with van der Waals surface area (Å²) in [5.41, 5.74) is 0.203. The van der Waals surface area contributed by atoms with Crippen molar-refractivity contribution in [2.75, 3.05) is 13.1 Å². The number of esters is 1. The molecule has 1 aliphatic heterocycles. The van der Waals surface area contributed by atoms with E-state index >= 15 is 0 Å². The van der Waals surface area contributed by atoms with Gasteiger partial charge in [-0.3, -0.25) is 4.79 Å². The highest BCUT2D eigenvalue weighted by atomic mass is 19.4. The second-order valence-electron chi connectivity index (χ2n) is 8.90. The average Bonchev–Trinajstić information content (AvgIpc) is 2.77. The lowest BCUT2D eigenvalue weighted by molar-refractivity contribution is -0.163. The van der Waals surface area contributed by atoms with E-state index in [-0.39, 0.29) is 17.6 Å². The summed E-state index contributed by atoms with van der Waals surface area (Å²) in [6, 6.07) is 11.6. The minimum absolute atomic E-state index is 0.218. The normalized spacial score (nSPS) is 14.6. The number of hydrogen-bond acceptors (Lipinski definition) is 4. The van der Waals surface area contributed by atoms with E-state index in [0.717, 1.165) is 23.3 Å². The minimum Gasteiger partial charge on any atom is -0.476 e. The first-order chi connectivity index (χ1) is 15.9. The SMILES string of the molecule is CC(C)OC(=O)C(C)(C)Oc1cccc(C2=CCN(C(=O)c3ccc(C(F)(F)F)cc3)CC2)c1. The summed E-state index contributed by atoms with van der Waals surface area (Å²) in [6.07, 6.45) is -2.19. The number of halogens is 3. The first-order valence-electron chi connectivity index (χ1n) is 11.0. The highest BCUT2D eigenvalue weighted by molar-refractivity contribution is 5.94. The third kappa shape index (κ3) is 6.18. The van der Waals surface area contributed by atoms with Crippen molar-refractivity contribution in [3.05, 3.63) is 71.3 Å². The van der Waals surface area contributed by atoms with Gasteiger partial charge in [0.05, 0.1) is 11.7 Å². The Hall–Kier alpha value is -3.29. The molecule has 2 aromatic rings. The third-order valence-electron chi connectivity index (χ3n) is 5.37. The van der Waals surface area contributed by atoms with Gasteiger partial charge >= 0.3 is 12.1 Å². The third-order valence-corrected chi connectivity index (χ3v) is 5.37. The highest BCUT2D eigenvalue weighted by Gasteiger charge is 2.33. The fourth-order valence-corrected chi connectivity index (χ4v) is 3.55. The number of benzene rings is 2. The molecule has 0 unspecified atom stereocenters. The van der Waals surface area contributed by atoms with Crippen molar-refractivity contribution in [3.8, 4) is 5.75 Å². The van der Waals surface area contributed by atoms with Crippen molar-refractivity contribution in [1.29, 1.82) is 0 Å². The number of nitrogens with zero attached hydrogens (tertiary/aromatic N) is 1. The lowest BCUT2D eigenvalue weighted by Gasteiger charge is -2.28. The molecule has 5 nitrogen and oxygen atoms in total. The van der Waals surface area contributed by atoms with E-state index in [1.54, 1.807) is 38.7 Å². The standard InChI is InChI=1S/C26H28F3NO4/c1-17(2)33-24(32)25(3,4)34-22-7-5-6-20(16-22)18-12-14-30(15-13-18)23(31)19-8-10-21(11-9-19)26(27,28)29/h5-12,16-17H,13-15H2,1-4H3. The van der Waals surface area contributed by atoms with Gasteiger partial charge in [-0.1, -0.05) is 18.2 Å². The van der Waals surface area contributed by atoms with Gasteiger partial charge in [-0.25, -0.2) is 4.79 Å².